The summed E-state index contributed by atoms with van der Waals surface area (Å²) in [4.78, 5) is 38.8. The van der Waals surface area contributed by atoms with Crippen molar-refractivity contribution in [3.05, 3.63) is 93.9 Å². The number of imide groups is 1. The van der Waals surface area contributed by atoms with Gasteiger partial charge in [-0.2, -0.15) is 9.61 Å². The first-order valence-electron chi connectivity index (χ1n) is 10.2. The lowest BCUT2D eigenvalue weighted by molar-refractivity contribution is 0.0521. The normalized spacial score (nSPS) is 14.2. The molecule has 1 aliphatic heterocycles. The van der Waals surface area contributed by atoms with Crippen LogP contribution in [0.3, 0.4) is 0 Å². The summed E-state index contributed by atoms with van der Waals surface area (Å²) in [5, 5.41) is 15.2. The van der Waals surface area contributed by atoms with E-state index < -0.39 is 17.9 Å². The van der Waals surface area contributed by atoms with Crippen molar-refractivity contribution in [1.29, 1.82) is 0 Å². The van der Waals surface area contributed by atoms with Crippen molar-refractivity contribution in [1.82, 2.24) is 19.1 Å². The zero-order valence-corrected chi connectivity index (χ0v) is 17.3. The zero-order chi connectivity index (χ0) is 22.4. The first-order valence-corrected chi connectivity index (χ1v) is 10.2. The van der Waals surface area contributed by atoms with Gasteiger partial charge in [-0.1, -0.05) is 42.5 Å². The fourth-order valence-corrected chi connectivity index (χ4v) is 4.10. The molecule has 8 nitrogen and oxygen atoms in total. The third-order valence-electron chi connectivity index (χ3n) is 5.67. The van der Waals surface area contributed by atoms with Gasteiger partial charge in [-0.15, -0.1) is 0 Å². The average molecular weight is 428 g/mol. The van der Waals surface area contributed by atoms with Gasteiger partial charge in [0.15, 0.2) is 0 Å². The van der Waals surface area contributed by atoms with Gasteiger partial charge in [0.1, 0.15) is 5.65 Å². The number of aryl methyl sites for hydroxylation is 1. The van der Waals surface area contributed by atoms with E-state index in [0.717, 1.165) is 10.5 Å². The summed E-state index contributed by atoms with van der Waals surface area (Å²) < 4.78 is 3.06. The minimum absolute atomic E-state index is 0.0863. The van der Waals surface area contributed by atoms with Crippen molar-refractivity contribution < 1.29 is 14.7 Å². The van der Waals surface area contributed by atoms with Crippen LogP contribution in [0.2, 0.25) is 0 Å². The Morgan fingerprint density at radius 3 is 2.16 bits per heavy atom. The predicted octanol–water partition coefficient (Wildman–Crippen LogP) is 2.13. The van der Waals surface area contributed by atoms with Crippen LogP contribution in [0.4, 0.5) is 0 Å². The Kier molecular flexibility index (Phi) is 4.71. The molecule has 3 heterocycles. The molecule has 0 bridgehead atoms. The molecule has 1 N–H and O–H groups in total. The van der Waals surface area contributed by atoms with Crippen LogP contribution in [0.5, 0.6) is 0 Å². The van der Waals surface area contributed by atoms with E-state index in [2.05, 4.69) is 5.10 Å². The quantitative estimate of drug-likeness (QED) is 0.491. The Balaban J connectivity index is 1.45. The highest BCUT2D eigenvalue weighted by Gasteiger charge is 2.36. The Hall–Kier alpha value is -4.04. The largest absolute Gasteiger partial charge is 0.389 e. The number of carbonyl (C=O) groups is 2. The number of benzene rings is 2. The van der Waals surface area contributed by atoms with Crippen LogP contribution >= 0.6 is 0 Å². The van der Waals surface area contributed by atoms with Crippen molar-refractivity contribution >= 4 is 17.5 Å². The van der Waals surface area contributed by atoms with Gasteiger partial charge in [-0.25, -0.2) is 0 Å². The van der Waals surface area contributed by atoms with Crippen LogP contribution < -0.4 is 5.56 Å². The van der Waals surface area contributed by atoms with E-state index in [0.29, 0.717) is 28.2 Å². The average Bonchev–Trinajstić information content (AvgIpc) is 3.34. The summed E-state index contributed by atoms with van der Waals surface area (Å²) >= 11 is 0. The minimum Gasteiger partial charge on any atom is -0.389 e. The predicted molar refractivity (Wildman–Crippen MR) is 117 cm³/mol. The number of fused-ring (bicyclic) bond motifs is 2. The lowest BCUT2D eigenvalue weighted by atomic mass is 10.1. The smallest absolute Gasteiger partial charge is 0.274 e. The number of amides is 2. The van der Waals surface area contributed by atoms with Crippen LogP contribution in [0.25, 0.3) is 16.9 Å². The molecule has 0 fully saturated rings. The molecule has 1 aliphatic rings. The number of aromatic nitrogens is 3. The first kappa shape index (κ1) is 19.9. The lowest BCUT2D eigenvalue weighted by Crippen LogP contribution is -2.39. The topological polar surface area (TPSA) is 96.9 Å². The molecule has 0 saturated heterocycles. The van der Waals surface area contributed by atoms with Crippen molar-refractivity contribution in [2.24, 2.45) is 0 Å². The highest BCUT2D eigenvalue weighted by Crippen LogP contribution is 2.23. The Morgan fingerprint density at radius 1 is 0.875 bits per heavy atom. The minimum atomic E-state index is -1.03. The second kappa shape index (κ2) is 7.58. The van der Waals surface area contributed by atoms with Crippen LogP contribution in [0.1, 0.15) is 26.4 Å². The molecule has 0 radical (unpaired) electrons. The molecule has 4 aromatic rings. The summed E-state index contributed by atoms with van der Waals surface area (Å²) in [7, 11) is 0. The summed E-state index contributed by atoms with van der Waals surface area (Å²) in [6.07, 6.45) is -1.03. The standard InChI is InChI=1S/C24H20N4O4/c1-15-11-22(30)28-21(12-20(25-28)16-7-3-2-4-8-16)26(15)13-17(29)14-27-23(31)18-9-5-6-10-19(18)24(27)32/h2-12,17,29H,13-14H2,1H3/t17-/m0/s1. The number of β-amino-alcohol motifs (C(OH)–C–C–N with tert-alkyl or cyclic N) is 1. The third kappa shape index (κ3) is 3.21. The molecule has 0 aliphatic carbocycles. The molecular weight excluding hydrogens is 408 g/mol. The van der Waals surface area contributed by atoms with Crippen LogP contribution in [-0.4, -0.2) is 48.7 Å². The SMILES string of the molecule is Cc1cc(=O)n2nc(-c3ccccc3)cc2n1C[C@H](O)CN1C(=O)c2ccccc2C1=O. The second-order valence-corrected chi connectivity index (χ2v) is 7.82. The lowest BCUT2D eigenvalue weighted by Gasteiger charge is -2.21. The molecule has 2 aromatic carbocycles. The monoisotopic (exact) mass is 428 g/mol. The Labute approximate surface area is 183 Å². The van der Waals surface area contributed by atoms with Crippen LogP contribution in [0.15, 0.2) is 71.5 Å². The molecule has 1 atom stereocenters. The molecule has 0 saturated carbocycles. The highest BCUT2D eigenvalue weighted by atomic mass is 16.3. The fourth-order valence-electron chi connectivity index (χ4n) is 4.10. The molecule has 5 rings (SSSR count). The molecule has 32 heavy (non-hydrogen) atoms. The van der Waals surface area contributed by atoms with Gasteiger partial charge in [0.2, 0.25) is 0 Å². The third-order valence-corrected chi connectivity index (χ3v) is 5.67. The molecule has 2 aromatic heterocycles. The van der Waals surface area contributed by atoms with Crippen LogP contribution in [-0.2, 0) is 6.54 Å². The van der Waals surface area contributed by atoms with E-state index in [9.17, 15) is 19.5 Å². The van der Waals surface area contributed by atoms with Crippen LogP contribution in [0, 0.1) is 6.92 Å². The highest BCUT2D eigenvalue weighted by molar-refractivity contribution is 6.21. The van der Waals surface area contributed by atoms with Gasteiger partial charge in [0.25, 0.3) is 17.4 Å². The van der Waals surface area contributed by atoms with Gasteiger partial charge in [0.05, 0.1) is 36.0 Å². The molecule has 0 unspecified atom stereocenters. The van der Waals surface area contributed by atoms with E-state index in [1.165, 1.54) is 10.6 Å². The molecule has 2 amide bonds. The first-order chi connectivity index (χ1) is 15.4. The number of hydrogen-bond donors (Lipinski definition) is 1. The second-order valence-electron chi connectivity index (χ2n) is 7.82. The van der Waals surface area contributed by atoms with Crippen molar-refractivity contribution in [2.45, 2.75) is 19.6 Å². The summed E-state index contributed by atoms with van der Waals surface area (Å²) in [6.45, 7) is 1.71. The Morgan fingerprint density at radius 2 is 1.50 bits per heavy atom. The van der Waals surface area contributed by atoms with Crippen molar-refractivity contribution in [3.63, 3.8) is 0 Å². The van der Waals surface area contributed by atoms with Gasteiger partial charge in [0, 0.05) is 23.4 Å². The van der Waals surface area contributed by atoms with E-state index in [4.69, 9.17) is 0 Å². The van der Waals surface area contributed by atoms with Gasteiger partial charge in [-0.05, 0) is 19.1 Å². The van der Waals surface area contributed by atoms with Gasteiger partial charge < -0.3 is 9.67 Å². The summed E-state index contributed by atoms with van der Waals surface area (Å²) in [6, 6.07) is 19.3. The molecular formula is C24H20N4O4. The number of carbonyl (C=O) groups excluding carboxylic acids is 2. The number of rotatable bonds is 5. The number of aliphatic hydroxyl groups excluding tert-OH is 1. The van der Waals surface area contributed by atoms with Gasteiger partial charge in [-0.3, -0.25) is 19.3 Å². The molecule has 8 heteroatoms. The fraction of sp³-hybridized carbons (Fsp3) is 0.167. The van der Waals surface area contributed by atoms with Crippen molar-refractivity contribution in [3.8, 4) is 11.3 Å². The van der Waals surface area contributed by atoms with E-state index >= 15 is 0 Å². The maximum absolute atomic E-state index is 12.6. The zero-order valence-electron chi connectivity index (χ0n) is 17.3. The summed E-state index contributed by atoms with van der Waals surface area (Å²) in [5.74, 6) is -0.829. The Bertz CT molecular complexity index is 1390. The number of aliphatic hydroxyl groups is 1. The maximum Gasteiger partial charge on any atom is 0.274 e. The van der Waals surface area contributed by atoms with Crippen molar-refractivity contribution in [2.75, 3.05) is 6.54 Å². The van der Waals surface area contributed by atoms with E-state index in [1.54, 1.807) is 41.8 Å². The van der Waals surface area contributed by atoms with Gasteiger partial charge >= 0.3 is 0 Å². The van der Waals surface area contributed by atoms with E-state index in [1.807, 2.05) is 30.3 Å². The van der Waals surface area contributed by atoms with E-state index in [-0.39, 0.29) is 18.6 Å². The number of hydrogen-bond acceptors (Lipinski definition) is 5. The number of nitrogens with zero attached hydrogens (tertiary/aromatic N) is 4. The summed E-state index contributed by atoms with van der Waals surface area (Å²) in [5.41, 5.74) is 3.08. The maximum atomic E-state index is 12.6. The molecule has 0 spiro atoms. The molecule has 160 valence electrons.